The predicted octanol–water partition coefficient (Wildman–Crippen LogP) is 6.90. The molecule has 1 aromatic rings. The fraction of sp³-hybridized carbons (Fsp3) is 0.750. The number of aliphatic hydroxyl groups excluding tert-OH is 1. The topological polar surface area (TPSA) is 82.5 Å². The Morgan fingerprint density at radius 2 is 1.81 bits per heavy atom. The molecule has 4 bridgehead atoms. The Labute approximate surface area is 257 Å². The van der Waals surface area contributed by atoms with Crippen LogP contribution < -0.4 is 9.47 Å². The Balaban J connectivity index is 0.917. The zero-order chi connectivity index (χ0) is 30.0. The van der Waals surface area contributed by atoms with Crippen molar-refractivity contribution in [3.8, 4) is 11.5 Å². The molecule has 4 saturated carbocycles. The van der Waals surface area contributed by atoms with Crippen LogP contribution in [0.2, 0.25) is 0 Å². The molecule has 2 unspecified atom stereocenters. The van der Waals surface area contributed by atoms with E-state index in [-0.39, 0.29) is 17.1 Å². The maximum Gasteiger partial charge on any atom is 0.407 e. The summed E-state index contributed by atoms with van der Waals surface area (Å²) in [5.41, 5.74) is 2.92. The molecule has 2 heterocycles. The molecule has 236 valence electrons. The van der Waals surface area contributed by atoms with Crippen molar-refractivity contribution in [1.29, 1.82) is 0 Å². The van der Waals surface area contributed by atoms with Gasteiger partial charge < -0.3 is 24.6 Å². The lowest BCUT2D eigenvalue weighted by molar-refractivity contribution is -0.152. The monoisotopic (exact) mass is 592 g/mol. The Morgan fingerprint density at radius 1 is 1.07 bits per heavy atom. The van der Waals surface area contributed by atoms with Gasteiger partial charge in [0.1, 0.15) is 6.10 Å². The number of nitrogens with zero attached hydrogens (tertiary/aromatic N) is 2. The third-order valence-electron chi connectivity index (χ3n) is 12.3. The second-order valence-corrected chi connectivity index (χ2v) is 16.0. The first-order valence-corrected chi connectivity index (χ1v) is 17.0. The smallest absolute Gasteiger partial charge is 0.407 e. The molecule has 1 spiro atoms. The first-order chi connectivity index (χ1) is 20.6. The summed E-state index contributed by atoms with van der Waals surface area (Å²) < 4.78 is 12.1. The first kappa shape index (κ1) is 29.5. The van der Waals surface area contributed by atoms with E-state index < -0.39 is 12.2 Å². The van der Waals surface area contributed by atoms with E-state index >= 15 is 0 Å². The largest absolute Gasteiger partial charge is 0.493 e. The third kappa shape index (κ3) is 5.07. The Morgan fingerprint density at radius 3 is 2.53 bits per heavy atom. The molecule has 7 heteroatoms. The number of rotatable bonds is 10. The first-order valence-electron chi connectivity index (χ1n) is 17.0. The zero-order valence-electron chi connectivity index (χ0n) is 26.6. The van der Waals surface area contributed by atoms with E-state index in [1.165, 1.54) is 36.8 Å². The highest BCUT2D eigenvalue weighted by atomic mass is 16.5. The van der Waals surface area contributed by atoms with E-state index in [0.29, 0.717) is 29.7 Å². The van der Waals surface area contributed by atoms with Crippen LogP contribution in [0.3, 0.4) is 0 Å². The second kappa shape index (κ2) is 10.7. The van der Waals surface area contributed by atoms with Gasteiger partial charge in [0.2, 0.25) is 0 Å². The lowest BCUT2D eigenvalue weighted by Gasteiger charge is -2.67. The molecule has 1 aromatic carbocycles. The van der Waals surface area contributed by atoms with E-state index in [2.05, 4.69) is 30.9 Å². The normalized spacial score (nSPS) is 38.7. The number of carbonyl (C=O) groups is 1. The molecule has 2 aliphatic heterocycles. The molecular formula is C36H52N2O5. The average Bonchev–Trinajstić information content (AvgIpc) is 3.16. The third-order valence-corrected chi connectivity index (χ3v) is 12.3. The van der Waals surface area contributed by atoms with Gasteiger partial charge in [0, 0.05) is 30.6 Å². The molecule has 1 amide bonds. The van der Waals surface area contributed by atoms with E-state index in [4.69, 9.17) is 9.47 Å². The molecular weight excluding hydrogens is 540 g/mol. The Bertz CT molecular complexity index is 1260. The van der Waals surface area contributed by atoms with E-state index in [1.807, 2.05) is 17.0 Å². The summed E-state index contributed by atoms with van der Waals surface area (Å²) in [4.78, 5) is 17.1. The predicted molar refractivity (Wildman–Crippen MR) is 167 cm³/mol. The number of hydrogen-bond acceptors (Lipinski definition) is 5. The highest BCUT2D eigenvalue weighted by molar-refractivity contribution is 5.66. The molecule has 7 nitrogen and oxygen atoms in total. The standard InChI is InChI=1S/C36H52N2O5/c1-33-18-25-19-34(2,22-33)24-35(20-25,23-33)38(32(40)41)15-8-6-4-5-7-14-37-16-13-36-12-11-27(39)17-29(36)43-31-28(42-3)10-9-26(21-37)30(31)36/h9-12,25,27,29,39H,4-8,13-24H2,1-3H3,(H,40,41)/t25?,27-,29-,33-,34+,35?,36-/m0/s1. The van der Waals surface area contributed by atoms with Crippen LogP contribution in [0.25, 0.3) is 0 Å². The number of unbranched alkanes of at least 4 members (excludes halogenated alkanes) is 4. The van der Waals surface area contributed by atoms with E-state index in [0.717, 1.165) is 82.5 Å². The number of benzene rings is 1. The molecule has 8 rings (SSSR count). The van der Waals surface area contributed by atoms with Gasteiger partial charge in [0.05, 0.1) is 18.6 Å². The minimum Gasteiger partial charge on any atom is -0.493 e. The van der Waals surface area contributed by atoms with Crippen molar-refractivity contribution in [2.24, 2.45) is 16.7 Å². The maximum absolute atomic E-state index is 12.6. The van der Waals surface area contributed by atoms with Gasteiger partial charge >= 0.3 is 6.09 Å². The molecule has 2 N–H and O–H groups in total. The van der Waals surface area contributed by atoms with E-state index in [9.17, 15) is 15.0 Å². The SMILES string of the molecule is COc1ccc2c3c1O[C@H]1C[C@@H](O)C=C[C@@]31CCN(CCCCCCCN(C(=O)O)C13CC4C[C@@](C)(C1)C[C@](C)(C4)C3)C2. The van der Waals surface area contributed by atoms with Crippen molar-refractivity contribution >= 4 is 6.09 Å². The van der Waals surface area contributed by atoms with Crippen LogP contribution in [0.1, 0.15) is 108 Å². The van der Waals surface area contributed by atoms with Crippen LogP contribution in [-0.2, 0) is 12.0 Å². The molecule has 7 atom stereocenters. The van der Waals surface area contributed by atoms with Crippen molar-refractivity contribution in [2.75, 3.05) is 26.7 Å². The number of hydrogen-bond donors (Lipinski definition) is 2. The van der Waals surface area contributed by atoms with Crippen molar-refractivity contribution in [1.82, 2.24) is 9.80 Å². The summed E-state index contributed by atoms with van der Waals surface area (Å²) in [5, 5.41) is 20.7. The molecule has 7 aliphatic rings. The van der Waals surface area contributed by atoms with Crippen LogP contribution in [0.5, 0.6) is 11.5 Å². The average molecular weight is 593 g/mol. The van der Waals surface area contributed by atoms with Gasteiger partial charge in [-0.25, -0.2) is 4.79 Å². The highest BCUT2D eigenvalue weighted by Gasteiger charge is 2.62. The number of ether oxygens (including phenoxy) is 2. The Kier molecular flexibility index (Phi) is 7.32. The zero-order valence-corrected chi connectivity index (χ0v) is 26.6. The van der Waals surface area contributed by atoms with Crippen LogP contribution in [-0.4, -0.2) is 70.6 Å². The lowest BCUT2D eigenvalue weighted by Crippen LogP contribution is -2.66. The van der Waals surface area contributed by atoms with Crippen molar-refractivity contribution < 1.29 is 24.5 Å². The van der Waals surface area contributed by atoms with Crippen LogP contribution >= 0.6 is 0 Å². The van der Waals surface area contributed by atoms with Gasteiger partial charge in [-0.15, -0.1) is 0 Å². The summed E-state index contributed by atoms with van der Waals surface area (Å²) in [7, 11) is 1.70. The summed E-state index contributed by atoms with van der Waals surface area (Å²) >= 11 is 0. The van der Waals surface area contributed by atoms with Gasteiger partial charge in [-0.05, 0) is 99.3 Å². The quantitative estimate of drug-likeness (QED) is 0.227. The summed E-state index contributed by atoms with van der Waals surface area (Å²) in [6, 6.07) is 4.24. The van der Waals surface area contributed by atoms with Crippen molar-refractivity contribution in [3.05, 3.63) is 35.4 Å². The molecule has 0 aromatic heterocycles. The number of carboxylic acid groups (broad SMARTS) is 1. The summed E-state index contributed by atoms with van der Waals surface area (Å²) in [6.07, 6.45) is 17.2. The minimum atomic E-state index is -0.697. The lowest BCUT2D eigenvalue weighted by atomic mass is 9.42. The highest BCUT2D eigenvalue weighted by Crippen LogP contribution is 2.67. The maximum atomic E-state index is 12.6. The molecule has 5 aliphatic carbocycles. The molecule has 0 saturated heterocycles. The molecule has 4 fully saturated rings. The summed E-state index contributed by atoms with van der Waals surface area (Å²) in [6.45, 7) is 8.53. The molecule has 43 heavy (non-hydrogen) atoms. The molecule has 0 radical (unpaired) electrons. The second-order valence-electron chi connectivity index (χ2n) is 16.0. The van der Waals surface area contributed by atoms with E-state index in [1.54, 1.807) is 7.11 Å². The van der Waals surface area contributed by atoms with Crippen LogP contribution in [0.15, 0.2) is 24.3 Å². The van der Waals surface area contributed by atoms with Crippen molar-refractivity contribution in [2.45, 2.75) is 127 Å². The fourth-order valence-electron chi connectivity index (χ4n) is 11.5. The number of amides is 1. The van der Waals surface area contributed by atoms with Crippen LogP contribution in [0, 0.1) is 16.7 Å². The number of aliphatic hydroxyl groups is 1. The fourth-order valence-corrected chi connectivity index (χ4v) is 11.5. The van der Waals surface area contributed by atoms with Crippen LogP contribution in [0.4, 0.5) is 4.79 Å². The van der Waals surface area contributed by atoms with Crippen molar-refractivity contribution in [3.63, 3.8) is 0 Å². The number of methoxy groups -OCH3 is 1. The van der Waals surface area contributed by atoms with Gasteiger partial charge in [0.25, 0.3) is 0 Å². The Hall–Kier alpha value is -2.25. The van der Waals surface area contributed by atoms with Gasteiger partial charge in [0.15, 0.2) is 11.5 Å². The van der Waals surface area contributed by atoms with Gasteiger partial charge in [-0.3, -0.25) is 4.90 Å². The van der Waals surface area contributed by atoms with Gasteiger partial charge in [-0.2, -0.15) is 0 Å². The van der Waals surface area contributed by atoms with Gasteiger partial charge in [-0.1, -0.05) is 51.3 Å². The minimum absolute atomic E-state index is 0.0491. The summed E-state index contributed by atoms with van der Waals surface area (Å²) in [5.74, 6) is 2.37.